The van der Waals surface area contributed by atoms with Crippen LogP contribution in [0.1, 0.15) is 31.2 Å². The maximum absolute atomic E-state index is 14.1. The number of piperidine rings is 1. The predicted molar refractivity (Wildman–Crippen MR) is 114 cm³/mol. The standard InChI is InChI=1S/C21H30FN3O2S/c1-16(27-20-7-6-18(14-23)13-19(20)22)21-15-28(21,3)24-25-10-8-17(9-11-25)5-4-12-26-2/h6-7,13-15,17,23-24H,1,4-5,8-12H2,2-3H3. The van der Waals surface area contributed by atoms with Crippen LogP contribution in [0.3, 0.4) is 0 Å². The number of methoxy groups -OCH3 is 1. The lowest BCUT2D eigenvalue weighted by Crippen LogP contribution is -2.42. The van der Waals surface area contributed by atoms with Gasteiger partial charge in [-0.05, 0) is 67.0 Å². The molecule has 0 amide bonds. The van der Waals surface area contributed by atoms with Crippen LogP contribution in [0.15, 0.2) is 40.9 Å². The van der Waals surface area contributed by atoms with E-state index in [1.165, 1.54) is 31.4 Å². The molecule has 2 aliphatic heterocycles. The van der Waals surface area contributed by atoms with Gasteiger partial charge in [0.05, 0.1) is 4.91 Å². The Kier molecular flexibility index (Phi) is 6.93. The fourth-order valence-electron chi connectivity index (χ4n) is 3.54. The van der Waals surface area contributed by atoms with Crippen LogP contribution in [0, 0.1) is 17.1 Å². The summed E-state index contributed by atoms with van der Waals surface area (Å²) >= 11 is 0. The summed E-state index contributed by atoms with van der Waals surface area (Å²) in [6, 6.07) is 4.48. The Morgan fingerprint density at radius 1 is 1.43 bits per heavy atom. The Hall–Kier alpha value is -1.67. The Morgan fingerprint density at radius 2 is 2.18 bits per heavy atom. The quantitative estimate of drug-likeness (QED) is 0.339. The van der Waals surface area contributed by atoms with Gasteiger partial charge < -0.3 is 14.9 Å². The van der Waals surface area contributed by atoms with Crippen molar-refractivity contribution in [1.29, 1.82) is 5.41 Å². The molecule has 1 aromatic rings. The van der Waals surface area contributed by atoms with E-state index in [0.717, 1.165) is 43.2 Å². The van der Waals surface area contributed by atoms with Gasteiger partial charge in [-0.1, -0.05) is 6.58 Å². The summed E-state index contributed by atoms with van der Waals surface area (Å²) < 4.78 is 24.9. The fourth-order valence-corrected chi connectivity index (χ4v) is 5.87. The van der Waals surface area contributed by atoms with E-state index in [1.807, 2.05) is 0 Å². The number of hydrazine groups is 1. The molecule has 2 aliphatic rings. The van der Waals surface area contributed by atoms with Crippen LogP contribution < -0.4 is 9.57 Å². The second-order valence-corrected chi connectivity index (χ2v) is 10.3. The van der Waals surface area contributed by atoms with Crippen molar-refractivity contribution in [2.45, 2.75) is 25.7 Å². The van der Waals surface area contributed by atoms with E-state index in [4.69, 9.17) is 14.9 Å². The van der Waals surface area contributed by atoms with Crippen LogP contribution in [0.4, 0.5) is 4.39 Å². The van der Waals surface area contributed by atoms with E-state index < -0.39 is 16.0 Å². The molecule has 2 heterocycles. The molecule has 1 aromatic carbocycles. The minimum atomic E-state index is -1.23. The fraction of sp³-hybridized carbons (Fsp3) is 0.476. The molecule has 5 nitrogen and oxygen atoms in total. The first-order valence-electron chi connectivity index (χ1n) is 9.63. The third-order valence-electron chi connectivity index (χ3n) is 5.27. The van der Waals surface area contributed by atoms with Crippen molar-refractivity contribution in [3.63, 3.8) is 0 Å². The zero-order valence-corrected chi connectivity index (χ0v) is 17.5. The molecule has 1 atom stereocenters. The Balaban J connectivity index is 1.45. The van der Waals surface area contributed by atoms with Crippen LogP contribution in [-0.2, 0) is 4.74 Å². The van der Waals surface area contributed by atoms with E-state index in [0.29, 0.717) is 11.3 Å². The van der Waals surface area contributed by atoms with Gasteiger partial charge in [0, 0.05) is 33.0 Å². The zero-order valence-electron chi connectivity index (χ0n) is 16.7. The van der Waals surface area contributed by atoms with Gasteiger partial charge in [0.1, 0.15) is 5.76 Å². The molecule has 28 heavy (non-hydrogen) atoms. The molecule has 0 aromatic heterocycles. The normalized spacial score (nSPS) is 24.9. The lowest BCUT2D eigenvalue weighted by molar-refractivity contribution is 0.144. The molecule has 2 N–H and O–H groups in total. The first-order valence-corrected chi connectivity index (χ1v) is 11.7. The summed E-state index contributed by atoms with van der Waals surface area (Å²) in [6.07, 6.45) is 8.04. The van der Waals surface area contributed by atoms with Crippen LogP contribution in [0.5, 0.6) is 5.75 Å². The first-order chi connectivity index (χ1) is 13.4. The summed E-state index contributed by atoms with van der Waals surface area (Å²) in [7, 11) is 0.524. The van der Waals surface area contributed by atoms with E-state index in [9.17, 15) is 4.39 Å². The Morgan fingerprint density at radius 3 is 2.82 bits per heavy atom. The molecule has 3 rings (SSSR count). The summed E-state index contributed by atoms with van der Waals surface area (Å²) in [4.78, 5) is 4.67. The highest BCUT2D eigenvalue weighted by atomic mass is 32.3. The van der Waals surface area contributed by atoms with Gasteiger partial charge in [-0.3, -0.25) is 0 Å². The third-order valence-corrected chi connectivity index (χ3v) is 7.62. The average molecular weight is 408 g/mol. The van der Waals surface area contributed by atoms with Gasteiger partial charge in [-0.25, -0.2) is 14.2 Å². The zero-order chi connectivity index (χ0) is 20.1. The molecular weight excluding hydrogens is 377 g/mol. The lowest BCUT2D eigenvalue weighted by atomic mass is 9.93. The van der Waals surface area contributed by atoms with E-state index in [1.54, 1.807) is 13.2 Å². The lowest BCUT2D eigenvalue weighted by Gasteiger charge is -2.36. The first kappa shape index (κ1) is 21.0. The largest absolute Gasteiger partial charge is 0.454 e. The van der Waals surface area contributed by atoms with Crippen LogP contribution in [0.2, 0.25) is 0 Å². The molecule has 154 valence electrons. The van der Waals surface area contributed by atoms with Crippen molar-refractivity contribution >= 4 is 16.4 Å². The number of nitrogens with one attached hydrogen (secondary N) is 2. The Labute approximate surface area is 168 Å². The minimum Gasteiger partial charge on any atom is -0.454 e. The second-order valence-electron chi connectivity index (χ2n) is 7.48. The highest BCUT2D eigenvalue weighted by Gasteiger charge is 2.39. The number of hydrogen-bond acceptors (Lipinski definition) is 5. The number of benzene rings is 1. The molecule has 0 radical (unpaired) electrons. The molecular formula is C21H30FN3O2S. The third kappa shape index (κ3) is 5.23. The molecule has 7 heteroatoms. The minimum absolute atomic E-state index is 0.141. The van der Waals surface area contributed by atoms with Gasteiger partial charge >= 0.3 is 0 Å². The SMILES string of the molecule is C=C(Oc1ccc(C=N)cc1F)C1=CS1(C)NN1CCC(CCCOC)CC1. The van der Waals surface area contributed by atoms with E-state index in [2.05, 4.69) is 28.1 Å². The van der Waals surface area contributed by atoms with Gasteiger partial charge in [-0.15, -0.1) is 10.2 Å². The molecule has 1 saturated heterocycles. The summed E-state index contributed by atoms with van der Waals surface area (Å²) in [6.45, 7) is 6.91. The van der Waals surface area contributed by atoms with Gasteiger partial charge in [-0.2, -0.15) is 0 Å². The maximum atomic E-state index is 14.1. The van der Waals surface area contributed by atoms with Crippen LogP contribution in [-0.4, -0.2) is 44.3 Å². The van der Waals surface area contributed by atoms with Crippen molar-refractivity contribution in [2.24, 2.45) is 5.92 Å². The van der Waals surface area contributed by atoms with E-state index in [-0.39, 0.29) is 5.75 Å². The van der Waals surface area contributed by atoms with Crippen molar-refractivity contribution < 1.29 is 13.9 Å². The molecule has 0 aliphatic carbocycles. The summed E-state index contributed by atoms with van der Waals surface area (Å²) in [5, 5.41) is 11.6. The highest BCUT2D eigenvalue weighted by molar-refractivity contribution is 8.42. The monoisotopic (exact) mass is 407 g/mol. The second kappa shape index (κ2) is 9.22. The topological polar surface area (TPSA) is 57.6 Å². The summed E-state index contributed by atoms with van der Waals surface area (Å²) in [5.41, 5.74) is 0.504. The van der Waals surface area contributed by atoms with Crippen LogP contribution >= 0.6 is 10.2 Å². The molecule has 1 fully saturated rings. The number of hydrogen-bond donors (Lipinski definition) is 2. The van der Waals surface area contributed by atoms with Gasteiger partial charge in [0.25, 0.3) is 0 Å². The summed E-state index contributed by atoms with van der Waals surface area (Å²) in [5.74, 6) is 0.930. The number of halogens is 1. The van der Waals surface area contributed by atoms with Crippen molar-refractivity contribution in [3.05, 3.63) is 52.2 Å². The maximum Gasteiger partial charge on any atom is 0.166 e. The molecule has 1 unspecified atom stereocenters. The van der Waals surface area contributed by atoms with E-state index >= 15 is 0 Å². The highest BCUT2D eigenvalue weighted by Crippen LogP contribution is 2.67. The van der Waals surface area contributed by atoms with Gasteiger partial charge in [0.15, 0.2) is 11.6 Å². The molecule has 0 bridgehead atoms. The predicted octanol–water partition coefficient (Wildman–Crippen LogP) is 4.56. The number of rotatable bonds is 10. The van der Waals surface area contributed by atoms with Crippen molar-refractivity contribution in [3.8, 4) is 5.75 Å². The molecule has 0 saturated carbocycles. The Bertz CT molecular complexity index is 762. The number of ether oxygens (including phenoxy) is 2. The molecule has 0 spiro atoms. The van der Waals surface area contributed by atoms with Gasteiger partial charge in [0.2, 0.25) is 0 Å². The van der Waals surface area contributed by atoms with Crippen LogP contribution in [0.25, 0.3) is 0 Å². The average Bonchev–Trinajstić information content (AvgIpc) is 3.36. The smallest absolute Gasteiger partial charge is 0.166 e. The van der Waals surface area contributed by atoms with Crippen molar-refractivity contribution in [2.75, 3.05) is 33.1 Å². The number of nitrogens with zero attached hydrogens (tertiary/aromatic N) is 1. The van der Waals surface area contributed by atoms with Crippen molar-refractivity contribution in [1.82, 2.24) is 9.84 Å².